The zero-order chi connectivity index (χ0) is 14.1. The topological polar surface area (TPSA) is 77.8 Å². The molecule has 0 spiro atoms. The van der Waals surface area contributed by atoms with Gasteiger partial charge in [-0.15, -0.1) is 11.3 Å². The third kappa shape index (κ3) is 2.53. The highest BCUT2D eigenvalue weighted by Gasteiger charge is 2.12. The molecule has 0 fully saturated rings. The van der Waals surface area contributed by atoms with Gasteiger partial charge in [0, 0.05) is 10.9 Å². The van der Waals surface area contributed by atoms with Crippen LogP contribution < -0.4 is 5.73 Å². The van der Waals surface area contributed by atoms with Gasteiger partial charge in [-0.1, -0.05) is 5.16 Å². The van der Waals surface area contributed by atoms with Crippen LogP contribution >= 0.6 is 11.3 Å². The molecule has 2 heterocycles. The molecular weight excluding hydrogens is 279 g/mol. The van der Waals surface area contributed by atoms with Gasteiger partial charge >= 0.3 is 0 Å². The highest BCUT2D eigenvalue weighted by Crippen LogP contribution is 2.22. The summed E-state index contributed by atoms with van der Waals surface area (Å²) in [6, 6.07) is 4.30. The van der Waals surface area contributed by atoms with E-state index in [0.717, 1.165) is 10.7 Å². The van der Waals surface area contributed by atoms with Crippen molar-refractivity contribution < 1.29 is 8.91 Å². The molecule has 2 aromatic heterocycles. The lowest BCUT2D eigenvalue weighted by Crippen LogP contribution is -1.92. The minimum atomic E-state index is -0.466. The maximum Gasteiger partial charge on any atom is 0.258 e. The fourth-order valence-corrected chi connectivity index (χ4v) is 2.38. The van der Waals surface area contributed by atoms with Gasteiger partial charge in [-0.3, -0.25) is 0 Å². The molecule has 102 valence electrons. The first-order valence-electron chi connectivity index (χ1n) is 5.91. The standard InChI is InChI=1S/C13H11FN4OS/c1-7-16-9(6-20-7)5-12-17-13(19-18-12)8-2-3-10(14)11(15)4-8/h2-4,6H,5,15H2,1H3. The van der Waals surface area contributed by atoms with Gasteiger partial charge in [-0.25, -0.2) is 9.37 Å². The van der Waals surface area contributed by atoms with Crippen LogP contribution in [0.5, 0.6) is 0 Å². The maximum absolute atomic E-state index is 13.1. The molecule has 0 amide bonds. The molecule has 0 bridgehead atoms. The van der Waals surface area contributed by atoms with Crippen LogP contribution in [0.1, 0.15) is 16.5 Å². The molecule has 0 aliphatic carbocycles. The van der Waals surface area contributed by atoms with Gasteiger partial charge in [-0.05, 0) is 25.1 Å². The van der Waals surface area contributed by atoms with Crippen molar-refractivity contribution >= 4 is 17.0 Å². The molecule has 5 nitrogen and oxygen atoms in total. The Morgan fingerprint density at radius 3 is 2.90 bits per heavy atom. The van der Waals surface area contributed by atoms with Crippen molar-refractivity contribution in [2.75, 3.05) is 5.73 Å². The van der Waals surface area contributed by atoms with E-state index in [-0.39, 0.29) is 5.69 Å². The number of anilines is 1. The van der Waals surface area contributed by atoms with E-state index in [1.807, 2.05) is 12.3 Å². The quantitative estimate of drug-likeness (QED) is 0.750. The fraction of sp³-hybridized carbons (Fsp3) is 0.154. The minimum Gasteiger partial charge on any atom is -0.396 e. The predicted octanol–water partition coefficient (Wildman–Crippen LogP) is 2.81. The summed E-state index contributed by atoms with van der Waals surface area (Å²) in [5.41, 5.74) is 7.07. The smallest absolute Gasteiger partial charge is 0.258 e. The van der Waals surface area contributed by atoms with Crippen molar-refractivity contribution in [3.63, 3.8) is 0 Å². The van der Waals surface area contributed by atoms with Gasteiger partial charge in [-0.2, -0.15) is 4.98 Å². The van der Waals surface area contributed by atoms with Gasteiger partial charge in [0.05, 0.1) is 22.8 Å². The van der Waals surface area contributed by atoms with Crippen molar-refractivity contribution in [1.82, 2.24) is 15.1 Å². The average Bonchev–Trinajstić information content (AvgIpc) is 3.03. The number of halogens is 1. The van der Waals surface area contributed by atoms with Crippen molar-refractivity contribution in [1.29, 1.82) is 0 Å². The molecule has 0 aliphatic rings. The van der Waals surface area contributed by atoms with Crippen molar-refractivity contribution in [3.05, 3.63) is 45.9 Å². The minimum absolute atomic E-state index is 0.0531. The Morgan fingerprint density at radius 1 is 1.35 bits per heavy atom. The van der Waals surface area contributed by atoms with Crippen molar-refractivity contribution in [3.8, 4) is 11.5 Å². The van der Waals surface area contributed by atoms with E-state index >= 15 is 0 Å². The van der Waals surface area contributed by atoms with E-state index in [0.29, 0.717) is 23.7 Å². The summed E-state index contributed by atoms with van der Waals surface area (Å²) in [5.74, 6) is 0.387. The number of nitrogen functional groups attached to an aromatic ring is 1. The van der Waals surface area contributed by atoms with E-state index in [4.69, 9.17) is 10.3 Å². The number of hydrogen-bond donors (Lipinski definition) is 1. The van der Waals surface area contributed by atoms with Crippen LogP contribution in [0.3, 0.4) is 0 Å². The second-order valence-electron chi connectivity index (χ2n) is 4.29. The van der Waals surface area contributed by atoms with Crippen LogP contribution in [0.4, 0.5) is 10.1 Å². The van der Waals surface area contributed by atoms with Gasteiger partial charge in [0.1, 0.15) is 5.82 Å². The van der Waals surface area contributed by atoms with Crippen LogP contribution in [0.15, 0.2) is 28.1 Å². The highest BCUT2D eigenvalue weighted by atomic mass is 32.1. The summed E-state index contributed by atoms with van der Waals surface area (Å²) < 4.78 is 18.3. The van der Waals surface area contributed by atoms with E-state index in [2.05, 4.69) is 15.1 Å². The van der Waals surface area contributed by atoms with Gasteiger partial charge in [0.15, 0.2) is 5.82 Å². The molecule has 2 N–H and O–H groups in total. The van der Waals surface area contributed by atoms with Crippen LogP contribution in [0.2, 0.25) is 0 Å². The van der Waals surface area contributed by atoms with E-state index in [1.165, 1.54) is 12.1 Å². The molecule has 0 aliphatic heterocycles. The third-order valence-electron chi connectivity index (χ3n) is 2.72. The Kier molecular flexibility index (Phi) is 3.19. The summed E-state index contributed by atoms with van der Waals surface area (Å²) in [6.07, 6.45) is 0.504. The molecule has 1 aromatic carbocycles. The second kappa shape index (κ2) is 5.01. The Bertz CT molecular complexity index is 752. The number of rotatable bonds is 3. The number of benzene rings is 1. The summed E-state index contributed by atoms with van der Waals surface area (Å²) in [7, 11) is 0. The molecular formula is C13H11FN4OS. The normalized spacial score (nSPS) is 10.9. The van der Waals surface area contributed by atoms with Crippen LogP contribution in [0.25, 0.3) is 11.5 Å². The van der Waals surface area contributed by atoms with E-state index < -0.39 is 5.82 Å². The maximum atomic E-state index is 13.1. The number of aryl methyl sites for hydroxylation is 1. The lowest BCUT2D eigenvalue weighted by molar-refractivity contribution is 0.423. The number of thiazole rings is 1. The lowest BCUT2D eigenvalue weighted by atomic mass is 10.2. The zero-order valence-corrected chi connectivity index (χ0v) is 11.4. The van der Waals surface area contributed by atoms with Crippen LogP contribution in [0, 0.1) is 12.7 Å². The first kappa shape index (κ1) is 12.7. The summed E-state index contributed by atoms with van der Waals surface area (Å²) >= 11 is 1.57. The number of aromatic nitrogens is 3. The zero-order valence-electron chi connectivity index (χ0n) is 10.6. The first-order chi connectivity index (χ1) is 9.61. The van der Waals surface area contributed by atoms with Crippen molar-refractivity contribution in [2.24, 2.45) is 0 Å². The molecule has 7 heteroatoms. The second-order valence-corrected chi connectivity index (χ2v) is 5.35. The number of nitrogens with zero attached hydrogens (tertiary/aromatic N) is 3. The molecule has 0 atom stereocenters. The average molecular weight is 290 g/mol. The number of nitrogens with two attached hydrogens (primary N) is 1. The predicted molar refractivity (Wildman–Crippen MR) is 73.8 cm³/mol. The summed E-state index contributed by atoms with van der Waals surface area (Å²) in [4.78, 5) is 8.61. The van der Waals surface area contributed by atoms with Crippen LogP contribution in [-0.4, -0.2) is 15.1 Å². The van der Waals surface area contributed by atoms with Gasteiger partial charge < -0.3 is 10.3 Å². The van der Waals surface area contributed by atoms with Gasteiger partial charge in [0.25, 0.3) is 5.89 Å². The molecule has 0 saturated carbocycles. The SMILES string of the molecule is Cc1nc(Cc2noc(-c3ccc(F)c(N)c3)n2)cs1. The Labute approximate surface area is 118 Å². The molecule has 20 heavy (non-hydrogen) atoms. The first-order valence-corrected chi connectivity index (χ1v) is 6.79. The highest BCUT2D eigenvalue weighted by molar-refractivity contribution is 7.09. The largest absolute Gasteiger partial charge is 0.396 e. The Hall–Kier alpha value is -2.28. The lowest BCUT2D eigenvalue weighted by Gasteiger charge is -1.97. The number of hydrogen-bond acceptors (Lipinski definition) is 6. The van der Waals surface area contributed by atoms with Gasteiger partial charge in [0.2, 0.25) is 0 Å². The molecule has 0 unspecified atom stereocenters. The van der Waals surface area contributed by atoms with Crippen LogP contribution in [-0.2, 0) is 6.42 Å². The Balaban J connectivity index is 1.84. The molecule has 0 radical (unpaired) electrons. The van der Waals surface area contributed by atoms with E-state index in [9.17, 15) is 4.39 Å². The fourth-order valence-electron chi connectivity index (χ4n) is 1.77. The molecule has 3 rings (SSSR count). The summed E-state index contributed by atoms with van der Waals surface area (Å²) in [6.45, 7) is 1.94. The van der Waals surface area contributed by atoms with Crippen molar-refractivity contribution in [2.45, 2.75) is 13.3 Å². The third-order valence-corrected chi connectivity index (χ3v) is 3.54. The summed E-state index contributed by atoms with van der Waals surface area (Å²) in [5, 5.41) is 6.85. The molecule has 3 aromatic rings. The monoisotopic (exact) mass is 290 g/mol. The van der Waals surface area contributed by atoms with E-state index in [1.54, 1.807) is 17.4 Å². The Morgan fingerprint density at radius 2 is 2.20 bits per heavy atom. The molecule has 0 saturated heterocycles.